The van der Waals surface area contributed by atoms with E-state index in [1.54, 1.807) is 38.3 Å². The number of carbonyl (C=O) groups is 1. The van der Waals surface area contributed by atoms with Gasteiger partial charge in [-0.25, -0.2) is 13.1 Å². The Morgan fingerprint density at radius 2 is 1.79 bits per heavy atom. The van der Waals surface area contributed by atoms with Gasteiger partial charge in [0.2, 0.25) is 15.9 Å². The molecule has 158 valence electrons. The van der Waals surface area contributed by atoms with Gasteiger partial charge in [0, 0.05) is 26.6 Å². The number of carbonyl (C=O) groups excluding carboxylic acids is 1. The first-order valence-corrected chi connectivity index (χ1v) is 10.8. The smallest absolute Gasteiger partial charge is 0.242 e. The second kappa shape index (κ2) is 10.5. The van der Waals surface area contributed by atoms with Gasteiger partial charge in [-0.05, 0) is 36.2 Å². The molecule has 9 heteroatoms. The van der Waals surface area contributed by atoms with E-state index in [9.17, 15) is 13.2 Å². The molecule has 0 aliphatic rings. The van der Waals surface area contributed by atoms with E-state index in [2.05, 4.69) is 4.72 Å². The molecule has 0 aliphatic carbocycles. The molecule has 29 heavy (non-hydrogen) atoms. The first-order chi connectivity index (χ1) is 13.8. The summed E-state index contributed by atoms with van der Waals surface area (Å²) < 4.78 is 37.5. The van der Waals surface area contributed by atoms with Crippen LogP contribution in [0.3, 0.4) is 0 Å². The fourth-order valence-corrected chi connectivity index (χ4v) is 4.23. The summed E-state index contributed by atoms with van der Waals surface area (Å²) in [7, 11) is 1.07. The van der Waals surface area contributed by atoms with Crippen LogP contribution in [0.2, 0.25) is 5.02 Å². The first-order valence-electron chi connectivity index (χ1n) is 8.97. The van der Waals surface area contributed by atoms with E-state index in [0.29, 0.717) is 24.5 Å². The Labute approximate surface area is 176 Å². The average molecular weight is 441 g/mol. The van der Waals surface area contributed by atoms with Crippen LogP contribution in [0.1, 0.15) is 12.0 Å². The Morgan fingerprint density at radius 3 is 2.45 bits per heavy atom. The zero-order valence-electron chi connectivity index (χ0n) is 16.6. The normalized spacial score (nSPS) is 11.2. The van der Waals surface area contributed by atoms with Crippen LogP contribution in [-0.4, -0.2) is 53.6 Å². The number of hydrogen-bond acceptors (Lipinski definition) is 5. The maximum Gasteiger partial charge on any atom is 0.242 e. The van der Waals surface area contributed by atoms with Gasteiger partial charge in [-0.1, -0.05) is 29.8 Å². The van der Waals surface area contributed by atoms with Crippen LogP contribution >= 0.6 is 11.6 Å². The van der Waals surface area contributed by atoms with E-state index >= 15 is 0 Å². The van der Waals surface area contributed by atoms with Crippen LogP contribution in [0.25, 0.3) is 0 Å². The average Bonchev–Trinajstić information content (AvgIpc) is 2.71. The molecule has 2 rings (SSSR count). The zero-order valence-corrected chi connectivity index (χ0v) is 18.2. The molecule has 2 aromatic rings. The molecular formula is C20H25ClN2O5S. The second-order valence-electron chi connectivity index (χ2n) is 6.33. The molecule has 0 atom stereocenters. The molecule has 0 bridgehead atoms. The van der Waals surface area contributed by atoms with Crippen LogP contribution in [-0.2, 0) is 21.2 Å². The Bertz CT molecular complexity index is 950. The molecule has 1 amide bonds. The molecule has 0 heterocycles. The summed E-state index contributed by atoms with van der Waals surface area (Å²) in [5.41, 5.74) is 1.00. The molecule has 0 radical (unpaired) electrons. The largest absolute Gasteiger partial charge is 0.493 e. The van der Waals surface area contributed by atoms with Gasteiger partial charge in [-0.3, -0.25) is 4.79 Å². The van der Waals surface area contributed by atoms with Crippen molar-refractivity contribution in [2.45, 2.75) is 17.7 Å². The summed E-state index contributed by atoms with van der Waals surface area (Å²) in [4.78, 5) is 13.9. The van der Waals surface area contributed by atoms with Gasteiger partial charge in [0.25, 0.3) is 0 Å². The van der Waals surface area contributed by atoms with E-state index in [-0.39, 0.29) is 28.8 Å². The molecule has 0 saturated heterocycles. The summed E-state index contributed by atoms with van der Waals surface area (Å²) in [6.07, 6.45) is 0.681. The molecule has 0 fully saturated rings. The molecule has 0 aliphatic heterocycles. The van der Waals surface area contributed by atoms with Crippen molar-refractivity contribution in [3.05, 3.63) is 53.1 Å². The number of amides is 1. The summed E-state index contributed by atoms with van der Waals surface area (Å²) in [6.45, 7) is 0.485. The van der Waals surface area contributed by atoms with E-state index in [4.69, 9.17) is 21.1 Å². The lowest BCUT2D eigenvalue weighted by molar-refractivity contribution is -0.129. The lowest BCUT2D eigenvalue weighted by Crippen LogP contribution is -2.33. The molecule has 0 spiro atoms. The van der Waals surface area contributed by atoms with Crippen LogP contribution in [0.5, 0.6) is 11.5 Å². The minimum atomic E-state index is -3.76. The SMILES string of the molecule is COc1ccc(CCN(C)C(=O)CCNS(=O)(=O)c2ccccc2Cl)cc1OC. The van der Waals surface area contributed by atoms with Crippen LogP contribution in [0.15, 0.2) is 47.4 Å². The summed E-state index contributed by atoms with van der Waals surface area (Å²) in [5.74, 6) is 1.12. The highest BCUT2D eigenvalue weighted by atomic mass is 35.5. The Kier molecular flexibility index (Phi) is 8.31. The number of nitrogens with one attached hydrogen (secondary N) is 1. The van der Waals surface area contributed by atoms with E-state index < -0.39 is 10.0 Å². The summed E-state index contributed by atoms with van der Waals surface area (Å²) in [6, 6.07) is 11.8. The Hall–Kier alpha value is -2.29. The van der Waals surface area contributed by atoms with Gasteiger partial charge in [-0.15, -0.1) is 0 Å². The van der Waals surface area contributed by atoms with Crippen molar-refractivity contribution in [1.29, 1.82) is 0 Å². The molecule has 0 aromatic heterocycles. The lowest BCUT2D eigenvalue weighted by atomic mass is 10.1. The van der Waals surface area contributed by atoms with Crippen molar-refractivity contribution < 1.29 is 22.7 Å². The third-order valence-electron chi connectivity index (χ3n) is 4.37. The van der Waals surface area contributed by atoms with Crippen LogP contribution in [0.4, 0.5) is 0 Å². The van der Waals surface area contributed by atoms with Gasteiger partial charge < -0.3 is 14.4 Å². The molecule has 1 N–H and O–H groups in total. The number of ether oxygens (including phenoxy) is 2. The Morgan fingerprint density at radius 1 is 1.10 bits per heavy atom. The second-order valence-corrected chi connectivity index (χ2v) is 8.48. The lowest BCUT2D eigenvalue weighted by Gasteiger charge is -2.18. The van der Waals surface area contributed by atoms with Crippen molar-refractivity contribution in [2.75, 3.05) is 34.4 Å². The van der Waals surface area contributed by atoms with Gasteiger partial charge in [0.05, 0.1) is 19.2 Å². The van der Waals surface area contributed by atoms with Crippen LogP contribution < -0.4 is 14.2 Å². The minimum Gasteiger partial charge on any atom is -0.493 e. The fraction of sp³-hybridized carbons (Fsp3) is 0.350. The fourth-order valence-electron chi connectivity index (χ4n) is 2.68. The van der Waals surface area contributed by atoms with E-state index in [0.717, 1.165) is 5.56 Å². The van der Waals surface area contributed by atoms with Crippen LogP contribution in [0, 0.1) is 0 Å². The molecule has 0 saturated carbocycles. The van der Waals surface area contributed by atoms with E-state index in [1.807, 2.05) is 18.2 Å². The van der Waals surface area contributed by atoms with E-state index in [1.165, 1.54) is 12.1 Å². The topological polar surface area (TPSA) is 84.9 Å². The molecule has 2 aromatic carbocycles. The Balaban J connectivity index is 1.84. The number of rotatable bonds is 10. The van der Waals surface area contributed by atoms with Crippen molar-refractivity contribution in [3.8, 4) is 11.5 Å². The standard InChI is InChI=1S/C20H25ClN2O5S/c1-23(13-11-15-8-9-17(27-2)18(14-15)28-3)20(24)10-12-22-29(25,26)19-7-5-4-6-16(19)21/h4-9,14,22H,10-13H2,1-3H3. The number of methoxy groups -OCH3 is 2. The number of hydrogen-bond donors (Lipinski definition) is 1. The number of sulfonamides is 1. The van der Waals surface area contributed by atoms with Crippen molar-refractivity contribution in [3.63, 3.8) is 0 Å². The monoisotopic (exact) mass is 440 g/mol. The highest BCUT2D eigenvalue weighted by Gasteiger charge is 2.18. The first kappa shape index (κ1) is 23.0. The third kappa shape index (κ3) is 6.35. The molecular weight excluding hydrogens is 416 g/mol. The summed E-state index contributed by atoms with van der Waals surface area (Å²) >= 11 is 5.93. The van der Waals surface area contributed by atoms with Gasteiger partial charge in [-0.2, -0.15) is 0 Å². The van der Waals surface area contributed by atoms with Gasteiger partial charge >= 0.3 is 0 Å². The highest BCUT2D eigenvalue weighted by molar-refractivity contribution is 7.89. The number of benzene rings is 2. The number of halogens is 1. The highest BCUT2D eigenvalue weighted by Crippen LogP contribution is 2.27. The van der Waals surface area contributed by atoms with Crippen molar-refractivity contribution >= 4 is 27.5 Å². The predicted octanol–water partition coefficient (Wildman–Crippen LogP) is 2.73. The zero-order chi connectivity index (χ0) is 21.4. The number of nitrogens with zero attached hydrogens (tertiary/aromatic N) is 1. The maximum absolute atomic E-state index is 12.3. The summed E-state index contributed by atoms with van der Waals surface area (Å²) in [5, 5.41) is 0.137. The van der Waals surface area contributed by atoms with Gasteiger partial charge in [0.15, 0.2) is 11.5 Å². The predicted molar refractivity (Wildman–Crippen MR) is 112 cm³/mol. The quantitative estimate of drug-likeness (QED) is 0.614. The minimum absolute atomic E-state index is 0.00377. The molecule has 7 nitrogen and oxygen atoms in total. The maximum atomic E-state index is 12.3. The van der Waals surface area contributed by atoms with Gasteiger partial charge in [0.1, 0.15) is 4.90 Å². The number of likely N-dealkylation sites (N-methyl/N-ethyl adjacent to an activating group) is 1. The molecule has 0 unspecified atom stereocenters. The van der Waals surface area contributed by atoms with Crippen molar-refractivity contribution in [1.82, 2.24) is 9.62 Å². The van der Waals surface area contributed by atoms with Crippen molar-refractivity contribution in [2.24, 2.45) is 0 Å². The third-order valence-corrected chi connectivity index (χ3v) is 6.33.